The number of β-amino-alcohol motifs (C(OH)–C–C–N with tert-alkyl or cyclic N) is 1. The lowest BCUT2D eigenvalue weighted by Crippen LogP contribution is -2.33. The molecule has 0 spiro atoms. The predicted octanol–water partition coefficient (Wildman–Crippen LogP) is 2.23. The Bertz CT molecular complexity index is 883. The van der Waals surface area contributed by atoms with Gasteiger partial charge in [-0.3, -0.25) is 4.98 Å². The fraction of sp³-hybridized carbons (Fsp3) is 0.211. The van der Waals surface area contributed by atoms with Crippen LogP contribution in [0.4, 0.5) is 0 Å². The molecule has 7 heteroatoms. The first-order valence-electron chi connectivity index (χ1n) is 8.47. The van der Waals surface area contributed by atoms with E-state index in [1.807, 2.05) is 53.6 Å². The van der Waals surface area contributed by atoms with E-state index in [4.69, 9.17) is 12.2 Å². The first-order chi connectivity index (χ1) is 12.8. The quantitative estimate of drug-likeness (QED) is 0.676. The summed E-state index contributed by atoms with van der Waals surface area (Å²) < 4.78 is 2.06. The van der Waals surface area contributed by atoms with Crippen LogP contribution < -0.4 is 5.32 Å². The fourth-order valence-corrected chi connectivity index (χ4v) is 3.75. The number of hydrogen-bond donors (Lipinski definition) is 2. The SMILES string of the molecule is OCCN1C(=S)N[C@@H](c2ccccn2)[C@@H]1c1cccn1-c1ccccn1. The zero-order chi connectivity index (χ0) is 17.9. The molecule has 0 aromatic carbocycles. The summed E-state index contributed by atoms with van der Waals surface area (Å²) in [7, 11) is 0. The van der Waals surface area contributed by atoms with Gasteiger partial charge in [0.15, 0.2) is 5.11 Å². The molecule has 0 aliphatic carbocycles. The maximum atomic E-state index is 9.54. The summed E-state index contributed by atoms with van der Waals surface area (Å²) >= 11 is 5.55. The highest BCUT2D eigenvalue weighted by atomic mass is 32.1. The minimum Gasteiger partial charge on any atom is -0.395 e. The molecule has 0 amide bonds. The average molecular weight is 365 g/mol. The van der Waals surface area contributed by atoms with E-state index in [1.165, 1.54) is 0 Å². The molecule has 2 atom stereocenters. The first kappa shape index (κ1) is 16.7. The van der Waals surface area contributed by atoms with Crippen LogP contribution in [-0.4, -0.2) is 42.8 Å². The smallest absolute Gasteiger partial charge is 0.170 e. The van der Waals surface area contributed by atoms with E-state index < -0.39 is 0 Å². The Morgan fingerprint density at radius 1 is 1.04 bits per heavy atom. The average Bonchev–Trinajstić information content (AvgIpc) is 3.28. The molecule has 4 rings (SSSR count). The number of aromatic nitrogens is 3. The molecule has 0 saturated carbocycles. The van der Waals surface area contributed by atoms with Gasteiger partial charge < -0.3 is 19.9 Å². The maximum Gasteiger partial charge on any atom is 0.170 e. The Labute approximate surface area is 157 Å². The number of hydrogen-bond acceptors (Lipinski definition) is 4. The van der Waals surface area contributed by atoms with Crippen molar-refractivity contribution in [1.29, 1.82) is 0 Å². The van der Waals surface area contributed by atoms with Crippen molar-refractivity contribution in [1.82, 2.24) is 24.8 Å². The molecule has 132 valence electrons. The van der Waals surface area contributed by atoms with Gasteiger partial charge in [0.2, 0.25) is 0 Å². The molecular formula is C19H19N5OS. The van der Waals surface area contributed by atoms with Crippen LogP contribution in [0.5, 0.6) is 0 Å². The summed E-state index contributed by atoms with van der Waals surface area (Å²) in [6.07, 6.45) is 5.55. The van der Waals surface area contributed by atoms with Crippen molar-refractivity contribution in [2.45, 2.75) is 12.1 Å². The molecule has 4 heterocycles. The molecule has 0 radical (unpaired) electrons. The van der Waals surface area contributed by atoms with Gasteiger partial charge in [0.05, 0.1) is 24.4 Å². The predicted molar refractivity (Wildman–Crippen MR) is 103 cm³/mol. The topological polar surface area (TPSA) is 66.2 Å². The van der Waals surface area contributed by atoms with Crippen LogP contribution in [0.1, 0.15) is 23.5 Å². The van der Waals surface area contributed by atoms with Crippen LogP contribution in [-0.2, 0) is 0 Å². The summed E-state index contributed by atoms with van der Waals surface area (Å²) in [6, 6.07) is 15.5. The molecular weight excluding hydrogens is 346 g/mol. The lowest BCUT2D eigenvalue weighted by molar-refractivity contribution is 0.220. The Hall–Kier alpha value is -2.77. The van der Waals surface area contributed by atoms with Crippen molar-refractivity contribution < 1.29 is 5.11 Å². The molecule has 2 N–H and O–H groups in total. The molecule has 1 aliphatic heterocycles. The Morgan fingerprint density at radius 2 is 1.85 bits per heavy atom. The minimum atomic E-state index is -0.104. The molecule has 26 heavy (non-hydrogen) atoms. The van der Waals surface area contributed by atoms with Crippen molar-refractivity contribution in [3.8, 4) is 5.82 Å². The Balaban J connectivity index is 1.81. The van der Waals surface area contributed by atoms with Crippen LogP contribution in [0, 0.1) is 0 Å². The summed E-state index contributed by atoms with van der Waals surface area (Å²) in [4.78, 5) is 11.0. The summed E-state index contributed by atoms with van der Waals surface area (Å²) in [5.41, 5.74) is 1.95. The zero-order valence-electron chi connectivity index (χ0n) is 14.1. The molecule has 3 aromatic heterocycles. The van der Waals surface area contributed by atoms with E-state index in [0.717, 1.165) is 17.2 Å². The Morgan fingerprint density at radius 3 is 2.54 bits per heavy atom. The molecule has 6 nitrogen and oxygen atoms in total. The molecule has 1 aliphatic rings. The standard InChI is InChI=1S/C19H19N5OS/c25-13-12-24-18(17(22-19(24)26)14-6-1-3-9-20-14)15-7-5-11-23(15)16-8-2-4-10-21-16/h1-11,17-18,25H,12-13H2,(H,22,26)/t17-,18-/m0/s1. The van der Waals surface area contributed by atoms with Gasteiger partial charge in [-0.2, -0.15) is 0 Å². The van der Waals surface area contributed by atoms with Crippen molar-refractivity contribution in [3.63, 3.8) is 0 Å². The highest BCUT2D eigenvalue weighted by Crippen LogP contribution is 2.39. The van der Waals surface area contributed by atoms with Gasteiger partial charge in [0.1, 0.15) is 5.82 Å². The van der Waals surface area contributed by atoms with Crippen LogP contribution in [0.2, 0.25) is 0 Å². The van der Waals surface area contributed by atoms with Crippen LogP contribution in [0.3, 0.4) is 0 Å². The van der Waals surface area contributed by atoms with Gasteiger partial charge in [0, 0.05) is 30.8 Å². The van der Waals surface area contributed by atoms with Gasteiger partial charge in [-0.05, 0) is 48.6 Å². The van der Waals surface area contributed by atoms with Crippen molar-refractivity contribution in [2.75, 3.05) is 13.2 Å². The number of nitrogens with zero attached hydrogens (tertiary/aromatic N) is 4. The molecule has 1 fully saturated rings. The van der Waals surface area contributed by atoms with E-state index in [2.05, 4.69) is 25.9 Å². The molecule has 3 aromatic rings. The number of aliphatic hydroxyl groups is 1. The van der Waals surface area contributed by atoms with Crippen LogP contribution >= 0.6 is 12.2 Å². The third kappa shape index (κ3) is 2.95. The molecule has 1 saturated heterocycles. The van der Waals surface area contributed by atoms with Gasteiger partial charge in [-0.1, -0.05) is 12.1 Å². The number of aliphatic hydroxyl groups excluding tert-OH is 1. The van der Waals surface area contributed by atoms with E-state index in [9.17, 15) is 5.11 Å². The normalized spacial score (nSPS) is 19.6. The van der Waals surface area contributed by atoms with E-state index in [-0.39, 0.29) is 18.7 Å². The molecule has 0 bridgehead atoms. The lowest BCUT2D eigenvalue weighted by atomic mass is 10.0. The Kier molecular flexibility index (Phi) is 4.64. The number of thiocarbonyl (C=S) groups is 1. The fourth-order valence-electron chi connectivity index (χ4n) is 3.42. The number of rotatable bonds is 5. The van der Waals surface area contributed by atoms with E-state index >= 15 is 0 Å². The van der Waals surface area contributed by atoms with E-state index in [0.29, 0.717) is 11.7 Å². The molecule has 0 unspecified atom stereocenters. The van der Waals surface area contributed by atoms with Gasteiger partial charge in [0.25, 0.3) is 0 Å². The van der Waals surface area contributed by atoms with Gasteiger partial charge in [-0.25, -0.2) is 4.98 Å². The van der Waals surface area contributed by atoms with Crippen LogP contribution in [0.15, 0.2) is 67.1 Å². The first-order valence-corrected chi connectivity index (χ1v) is 8.88. The largest absolute Gasteiger partial charge is 0.395 e. The maximum absolute atomic E-state index is 9.54. The highest BCUT2D eigenvalue weighted by Gasteiger charge is 2.40. The third-order valence-corrected chi connectivity index (χ3v) is 4.87. The summed E-state index contributed by atoms with van der Waals surface area (Å²) in [5, 5.41) is 13.5. The second kappa shape index (κ2) is 7.23. The van der Waals surface area contributed by atoms with Gasteiger partial charge >= 0.3 is 0 Å². The summed E-state index contributed by atoms with van der Waals surface area (Å²) in [5.74, 6) is 0.842. The second-order valence-corrected chi connectivity index (χ2v) is 6.42. The third-order valence-electron chi connectivity index (χ3n) is 4.52. The monoisotopic (exact) mass is 365 g/mol. The lowest BCUT2D eigenvalue weighted by Gasteiger charge is -2.28. The summed E-state index contributed by atoms with van der Waals surface area (Å²) in [6.45, 7) is 0.477. The highest BCUT2D eigenvalue weighted by molar-refractivity contribution is 7.80. The van der Waals surface area contributed by atoms with Crippen LogP contribution in [0.25, 0.3) is 5.82 Å². The second-order valence-electron chi connectivity index (χ2n) is 6.03. The van der Waals surface area contributed by atoms with Gasteiger partial charge in [-0.15, -0.1) is 0 Å². The number of pyridine rings is 2. The van der Waals surface area contributed by atoms with Crippen molar-refractivity contribution >= 4 is 17.3 Å². The zero-order valence-corrected chi connectivity index (χ0v) is 14.9. The van der Waals surface area contributed by atoms with E-state index in [1.54, 1.807) is 12.4 Å². The number of nitrogens with one attached hydrogen (secondary N) is 1. The van der Waals surface area contributed by atoms with Crippen molar-refractivity contribution in [3.05, 3.63) is 78.5 Å². The minimum absolute atomic E-state index is 0.0254. The van der Waals surface area contributed by atoms with Crippen molar-refractivity contribution in [2.24, 2.45) is 0 Å².